The van der Waals surface area contributed by atoms with Crippen molar-refractivity contribution in [2.45, 2.75) is 6.36 Å². The number of hydrogen-bond donors (Lipinski definition) is 1. The summed E-state index contributed by atoms with van der Waals surface area (Å²) in [4.78, 5) is 18.2. The van der Waals surface area contributed by atoms with Crippen LogP contribution in [-0.2, 0) is 0 Å². The van der Waals surface area contributed by atoms with Gasteiger partial charge in [-0.05, 0) is 12.1 Å². The van der Waals surface area contributed by atoms with Crippen LogP contribution >= 0.6 is 0 Å². The van der Waals surface area contributed by atoms with Crippen LogP contribution in [0.4, 0.5) is 13.2 Å². The number of aromatic nitrogens is 2. The highest BCUT2D eigenvalue weighted by molar-refractivity contribution is 5.92. The molecular weight excluding hydrogens is 291 g/mol. The van der Waals surface area contributed by atoms with Crippen molar-refractivity contribution >= 4 is 5.91 Å². The molecule has 1 aromatic carbocycles. The van der Waals surface area contributed by atoms with Crippen molar-refractivity contribution in [2.75, 3.05) is 0 Å². The summed E-state index contributed by atoms with van der Waals surface area (Å²) in [6.45, 7) is 0. The maximum absolute atomic E-state index is 12.2. The lowest BCUT2D eigenvalue weighted by Crippen LogP contribution is -2.17. The van der Waals surface area contributed by atoms with Crippen molar-refractivity contribution in [3.63, 3.8) is 0 Å². The predicted octanol–water partition coefficient (Wildman–Crippen LogP) is 2.27. The van der Waals surface area contributed by atoms with Gasteiger partial charge in [-0.1, -0.05) is 12.1 Å². The van der Waals surface area contributed by atoms with Crippen molar-refractivity contribution in [1.82, 2.24) is 9.97 Å². The topological polar surface area (TPSA) is 87.3 Å². The minimum atomic E-state index is -4.85. The highest BCUT2D eigenvalue weighted by Crippen LogP contribution is 2.33. The van der Waals surface area contributed by atoms with Gasteiger partial charge in [0.2, 0.25) is 0 Å². The number of carbonyl (C=O) groups excluding carboxylic acids is 1. The van der Waals surface area contributed by atoms with E-state index < -0.39 is 18.0 Å². The Morgan fingerprint density at radius 2 is 1.67 bits per heavy atom. The molecule has 21 heavy (non-hydrogen) atoms. The fraction of sp³-hybridized carbons (Fsp3) is 0.0833. The number of halogens is 3. The number of amides is 1. The van der Waals surface area contributed by atoms with Crippen LogP contribution in [0.5, 0.6) is 17.5 Å². The summed E-state index contributed by atoms with van der Waals surface area (Å²) in [6, 6.07) is 4.90. The second kappa shape index (κ2) is 5.65. The highest BCUT2D eigenvalue weighted by Gasteiger charge is 2.32. The fourth-order valence-electron chi connectivity index (χ4n) is 1.34. The van der Waals surface area contributed by atoms with Gasteiger partial charge in [-0.3, -0.25) is 4.79 Å². The summed E-state index contributed by atoms with van der Waals surface area (Å²) in [5, 5.41) is 0. The van der Waals surface area contributed by atoms with Crippen LogP contribution in [0.1, 0.15) is 10.4 Å². The Kier molecular flexibility index (Phi) is 3.92. The number of para-hydroxylation sites is 2. The van der Waals surface area contributed by atoms with Gasteiger partial charge in [0.15, 0.2) is 11.5 Å². The third-order valence-electron chi connectivity index (χ3n) is 2.19. The van der Waals surface area contributed by atoms with Gasteiger partial charge in [-0.15, -0.1) is 13.2 Å². The van der Waals surface area contributed by atoms with Crippen LogP contribution in [0.25, 0.3) is 0 Å². The molecule has 0 bridgehead atoms. The molecule has 110 valence electrons. The lowest BCUT2D eigenvalue weighted by Gasteiger charge is -2.12. The number of benzene rings is 1. The summed E-state index contributed by atoms with van der Waals surface area (Å²) in [5.74, 6) is -1.49. The Morgan fingerprint density at radius 3 is 2.19 bits per heavy atom. The van der Waals surface area contributed by atoms with Crippen LogP contribution in [0.3, 0.4) is 0 Å². The van der Waals surface area contributed by atoms with Gasteiger partial charge in [-0.2, -0.15) is 0 Å². The quantitative estimate of drug-likeness (QED) is 0.935. The van der Waals surface area contributed by atoms with Gasteiger partial charge >= 0.3 is 12.4 Å². The Balaban J connectivity index is 2.21. The Bertz CT molecular complexity index is 644. The van der Waals surface area contributed by atoms with E-state index in [1.165, 1.54) is 18.2 Å². The Morgan fingerprint density at radius 1 is 1.10 bits per heavy atom. The van der Waals surface area contributed by atoms with Crippen molar-refractivity contribution in [2.24, 2.45) is 5.73 Å². The number of alkyl halides is 3. The summed E-state index contributed by atoms with van der Waals surface area (Å²) in [7, 11) is 0. The average Bonchev–Trinajstić information content (AvgIpc) is 2.40. The number of rotatable bonds is 4. The number of carbonyl (C=O) groups is 1. The fourth-order valence-corrected chi connectivity index (χ4v) is 1.34. The first-order valence-corrected chi connectivity index (χ1v) is 5.49. The third kappa shape index (κ3) is 4.06. The van der Waals surface area contributed by atoms with E-state index in [0.717, 1.165) is 18.5 Å². The molecule has 0 radical (unpaired) electrons. The first-order valence-electron chi connectivity index (χ1n) is 5.49. The van der Waals surface area contributed by atoms with Gasteiger partial charge in [0.05, 0.1) is 5.56 Å². The van der Waals surface area contributed by atoms with E-state index in [0.29, 0.717) is 0 Å². The third-order valence-corrected chi connectivity index (χ3v) is 2.19. The maximum Gasteiger partial charge on any atom is 0.573 e. The SMILES string of the molecule is NC(=O)c1cnc(Oc2ccccc2OC(F)(F)F)nc1. The van der Waals surface area contributed by atoms with Gasteiger partial charge in [0, 0.05) is 12.4 Å². The van der Waals surface area contributed by atoms with Crippen molar-refractivity contribution < 1.29 is 27.4 Å². The van der Waals surface area contributed by atoms with Gasteiger partial charge < -0.3 is 15.2 Å². The van der Waals surface area contributed by atoms with Crippen LogP contribution < -0.4 is 15.2 Å². The molecule has 0 spiro atoms. The Hall–Kier alpha value is -2.84. The van der Waals surface area contributed by atoms with Gasteiger partial charge in [0.25, 0.3) is 5.91 Å². The number of nitrogens with two attached hydrogens (primary N) is 1. The van der Waals surface area contributed by atoms with E-state index >= 15 is 0 Å². The lowest BCUT2D eigenvalue weighted by atomic mass is 10.3. The first-order chi connectivity index (χ1) is 9.85. The average molecular weight is 299 g/mol. The molecule has 9 heteroatoms. The largest absolute Gasteiger partial charge is 0.573 e. The first kappa shape index (κ1) is 14.6. The molecule has 2 aromatic rings. The molecule has 0 unspecified atom stereocenters. The molecule has 2 rings (SSSR count). The molecule has 0 atom stereocenters. The monoisotopic (exact) mass is 299 g/mol. The van der Waals surface area contributed by atoms with E-state index in [-0.39, 0.29) is 17.3 Å². The lowest BCUT2D eigenvalue weighted by molar-refractivity contribution is -0.275. The standard InChI is InChI=1S/C12H8F3N3O3/c13-12(14,15)21-9-4-2-1-3-8(9)20-11-17-5-7(6-18-11)10(16)19/h1-6H,(H2,16,19). The van der Waals surface area contributed by atoms with Crippen LogP contribution in [0.2, 0.25) is 0 Å². The summed E-state index contributed by atoms with van der Waals surface area (Å²) in [5.41, 5.74) is 5.05. The van der Waals surface area contributed by atoms with Crippen molar-refractivity contribution in [3.05, 3.63) is 42.2 Å². The molecular formula is C12H8F3N3O3. The number of primary amides is 1. The van der Waals surface area contributed by atoms with E-state index in [4.69, 9.17) is 10.5 Å². The zero-order valence-corrected chi connectivity index (χ0v) is 10.3. The van der Waals surface area contributed by atoms with E-state index in [2.05, 4.69) is 14.7 Å². The van der Waals surface area contributed by atoms with Crippen LogP contribution in [-0.4, -0.2) is 22.2 Å². The molecule has 0 saturated carbocycles. The smallest absolute Gasteiger partial charge is 0.420 e. The normalized spacial score (nSPS) is 11.0. The van der Waals surface area contributed by atoms with Gasteiger partial charge in [0.1, 0.15) is 0 Å². The molecule has 1 amide bonds. The minimum Gasteiger partial charge on any atom is -0.420 e. The van der Waals surface area contributed by atoms with Crippen LogP contribution in [0.15, 0.2) is 36.7 Å². The van der Waals surface area contributed by atoms with E-state index in [1.54, 1.807) is 0 Å². The molecule has 6 nitrogen and oxygen atoms in total. The van der Waals surface area contributed by atoms with E-state index in [9.17, 15) is 18.0 Å². The number of ether oxygens (including phenoxy) is 2. The molecule has 1 aromatic heterocycles. The number of hydrogen-bond acceptors (Lipinski definition) is 5. The molecule has 1 heterocycles. The molecule has 0 aliphatic carbocycles. The van der Waals surface area contributed by atoms with E-state index in [1.807, 2.05) is 0 Å². The summed E-state index contributed by atoms with van der Waals surface area (Å²) >= 11 is 0. The summed E-state index contributed by atoms with van der Waals surface area (Å²) in [6.07, 6.45) is -2.66. The molecule has 0 fully saturated rings. The van der Waals surface area contributed by atoms with Crippen molar-refractivity contribution in [1.29, 1.82) is 0 Å². The molecule has 2 N–H and O–H groups in total. The molecule has 0 aliphatic rings. The second-order valence-electron chi connectivity index (χ2n) is 3.72. The zero-order chi connectivity index (χ0) is 15.5. The Labute approximate surface area is 116 Å². The number of nitrogens with zero attached hydrogens (tertiary/aromatic N) is 2. The van der Waals surface area contributed by atoms with Crippen molar-refractivity contribution in [3.8, 4) is 17.5 Å². The second-order valence-corrected chi connectivity index (χ2v) is 3.72. The zero-order valence-electron chi connectivity index (χ0n) is 10.3. The minimum absolute atomic E-state index is 0.0437. The summed E-state index contributed by atoms with van der Waals surface area (Å²) < 4.78 is 45.6. The highest BCUT2D eigenvalue weighted by atomic mass is 19.4. The molecule has 0 aliphatic heterocycles. The maximum atomic E-state index is 12.2. The van der Waals surface area contributed by atoms with Crippen LogP contribution in [0, 0.1) is 0 Å². The van der Waals surface area contributed by atoms with Gasteiger partial charge in [-0.25, -0.2) is 9.97 Å². The predicted molar refractivity (Wildman–Crippen MR) is 63.7 cm³/mol. The molecule has 0 saturated heterocycles.